The van der Waals surface area contributed by atoms with Gasteiger partial charge in [0.15, 0.2) is 0 Å². The first-order valence-corrected chi connectivity index (χ1v) is 10.1. The second-order valence-electron chi connectivity index (χ2n) is 7.34. The molecule has 0 saturated carbocycles. The number of hydrogen-bond acceptors (Lipinski definition) is 5. The van der Waals surface area contributed by atoms with Crippen molar-refractivity contribution in [3.05, 3.63) is 35.9 Å². The molecule has 2 atom stereocenters. The highest BCUT2D eigenvalue weighted by Gasteiger charge is 2.07. The van der Waals surface area contributed by atoms with Gasteiger partial charge in [-0.2, -0.15) is 0 Å². The van der Waals surface area contributed by atoms with Crippen LogP contribution in [0.3, 0.4) is 0 Å². The summed E-state index contributed by atoms with van der Waals surface area (Å²) in [5.74, 6) is 0.0752. The number of amides is 3. The SMILES string of the molecule is CC(C)CC(C)N.CC(CCC(N)=O)NC(=O)CNC=O.Cc1ccccc1.O=CO. The minimum Gasteiger partial charge on any atom is -0.483 e. The number of carbonyl (C=O) groups excluding carboxylic acids is 3. The van der Waals surface area contributed by atoms with Gasteiger partial charge in [-0.05, 0) is 39.5 Å². The summed E-state index contributed by atoms with van der Waals surface area (Å²) in [5.41, 5.74) is 11.8. The average molecular weight is 441 g/mol. The largest absolute Gasteiger partial charge is 0.483 e. The van der Waals surface area contributed by atoms with Crippen molar-refractivity contribution in [2.45, 2.75) is 66.0 Å². The summed E-state index contributed by atoms with van der Waals surface area (Å²) < 4.78 is 0. The molecule has 0 aliphatic rings. The lowest BCUT2D eigenvalue weighted by Gasteiger charge is -2.12. The van der Waals surface area contributed by atoms with E-state index < -0.39 is 5.91 Å². The topological polar surface area (TPSA) is 165 Å². The molecule has 7 N–H and O–H groups in total. The molecule has 1 aromatic rings. The molecule has 1 aromatic carbocycles. The highest BCUT2D eigenvalue weighted by atomic mass is 16.3. The molecule has 0 radical (unpaired) electrons. The quantitative estimate of drug-likeness (QED) is 0.366. The predicted molar refractivity (Wildman–Crippen MR) is 123 cm³/mol. The van der Waals surface area contributed by atoms with E-state index in [4.69, 9.17) is 21.4 Å². The molecule has 3 amide bonds. The van der Waals surface area contributed by atoms with E-state index in [1.807, 2.05) is 25.1 Å². The molecule has 0 spiro atoms. The van der Waals surface area contributed by atoms with Gasteiger partial charge < -0.3 is 27.2 Å². The van der Waals surface area contributed by atoms with Crippen molar-refractivity contribution in [2.75, 3.05) is 6.54 Å². The molecule has 0 bridgehead atoms. The Morgan fingerprint density at radius 2 is 1.61 bits per heavy atom. The van der Waals surface area contributed by atoms with Crippen LogP contribution < -0.4 is 22.1 Å². The zero-order chi connectivity index (χ0) is 24.7. The number of carboxylic acid groups (broad SMARTS) is 1. The van der Waals surface area contributed by atoms with E-state index in [0.717, 1.165) is 12.3 Å². The van der Waals surface area contributed by atoms with Crippen molar-refractivity contribution in [1.82, 2.24) is 10.6 Å². The molecular formula is C22H40N4O5. The van der Waals surface area contributed by atoms with Crippen LogP contribution in [-0.4, -0.2) is 48.4 Å². The fraction of sp³-hybridized carbons (Fsp3) is 0.545. The van der Waals surface area contributed by atoms with Crippen molar-refractivity contribution in [3.63, 3.8) is 0 Å². The molecule has 1 rings (SSSR count). The number of nitrogens with one attached hydrogen (secondary N) is 2. The molecule has 31 heavy (non-hydrogen) atoms. The van der Waals surface area contributed by atoms with Crippen molar-refractivity contribution < 1.29 is 24.3 Å². The van der Waals surface area contributed by atoms with Crippen LogP contribution in [-0.2, 0) is 19.2 Å². The van der Waals surface area contributed by atoms with Gasteiger partial charge in [0.1, 0.15) is 0 Å². The Kier molecular flexibility index (Phi) is 24.6. The molecule has 0 heterocycles. The van der Waals surface area contributed by atoms with E-state index in [-0.39, 0.29) is 31.4 Å². The molecule has 9 heteroatoms. The molecule has 9 nitrogen and oxygen atoms in total. The zero-order valence-corrected chi connectivity index (χ0v) is 19.3. The first-order chi connectivity index (χ1) is 14.5. The number of carbonyl (C=O) groups is 4. The summed E-state index contributed by atoms with van der Waals surface area (Å²) in [6.45, 7) is 9.96. The van der Waals surface area contributed by atoms with Gasteiger partial charge in [0.2, 0.25) is 18.2 Å². The van der Waals surface area contributed by atoms with Gasteiger partial charge in [0, 0.05) is 18.5 Å². The first kappa shape index (κ1) is 32.7. The van der Waals surface area contributed by atoms with Crippen LogP contribution in [0.5, 0.6) is 0 Å². The number of primary amides is 1. The van der Waals surface area contributed by atoms with Crippen molar-refractivity contribution >= 4 is 24.7 Å². The molecule has 0 aliphatic carbocycles. The Hall–Kier alpha value is -2.94. The molecule has 0 fully saturated rings. The average Bonchev–Trinajstić information content (AvgIpc) is 2.66. The number of benzene rings is 1. The second-order valence-corrected chi connectivity index (χ2v) is 7.34. The highest BCUT2D eigenvalue weighted by Crippen LogP contribution is 2.00. The number of nitrogens with two attached hydrogens (primary N) is 2. The second kappa shape index (κ2) is 23.3. The van der Waals surface area contributed by atoms with Crippen LogP contribution in [0.15, 0.2) is 30.3 Å². The summed E-state index contributed by atoms with van der Waals surface area (Å²) in [6, 6.07) is 10.5. The molecule has 0 saturated heterocycles. The van der Waals surface area contributed by atoms with Crippen LogP contribution in [0, 0.1) is 12.8 Å². The Labute approximate surface area is 186 Å². The van der Waals surface area contributed by atoms with Gasteiger partial charge >= 0.3 is 0 Å². The summed E-state index contributed by atoms with van der Waals surface area (Å²) in [7, 11) is 0. The van der Waals surface area contributed by atoms with Crippen molar-refractivity contribution in [1.29, 1.82) is 0 Å². The Balaban J connectivity index is -0.000000386. The van der Waals surface area contributed by atoms with Gasteiger partial charge in [-0.15, -0.1) is 0 Å². The van der Waals surface area contributed by atoms with E-state index in [9.17, 15) is 14.4 Å². The van der Waals surface area contributed by atoms with E-state index in [1.54, 1.807) is 6.92 Å². The zero-order valence-electron chi connectivity index (χ0n) is 19.3. The maximum atomic E-state index is 11.0. The Bertz CT molecular complexity index is 575. The van der Waals surface area contributed by atoms with Gasteiger partial charge in [-0.1, -0.05) is 49.7 Å². The van der Waals surface area contributed by atoms with E-state index in [1.165, 1.54) is 5.56 Å². The summed E-state index contributed by atoms with van der Waals surface area (Å²) in [5, 5.41) is 11.7. The van der Waals surface area contributed by atoms with Crippen LogP contribution in [0.25, 0.3) is 0 Å². The fourth-order valence-electron chi connectivity index (χ4n) is 2.17. The van der Waals surface area contributed by atoms with Gasteiger partial charge in [-0.25, -0.2) is 0 Å². The monoisotopic (exact) mass is 440 g/mol. The maximum absolute atomic E-state index is 11.0. The minimum atomic E-state index is -0.392. The third kappa shape index (κ3) is 34.9. The first-order valence-electron chi connectivity index (χ1n) is 10.1. The summed E-state index contributed by atoms with van der Waals surface area (Å²) in [6.07, 6.45) is 2.33. The lowest BCUT2D eigenvalue weighted by molar-refractivity contribution is -0.123. The lowest BCUT2D eigenvalue weighted by Crippen LogP contribution is -2.39. The Morgan fingerprint density at radius 1 is 1.10 bits per heavy atom. The maximum Gasteiger partial charge on any atom is 0.290 e. The predicted octanol–water partition coefficient (Wildman–Crippen LogP) is 1.58. The molecule has 0 aromatic heterocycles. The number of rotatable bonds is 9. The molecule has 178 valence electrons. The summed E-state index contributed by atoms with van der Waals surface area (Å²) >= 11 is 0. The van der Waals surface area contributed by atoms with Crippen LogP contribution in [0.4, 0.5) is 0 Å². The third-order valence-corrected chi connectivity index (χ3v) is 3.36. The normalized spacial score (nSPS) is 10.9. The highest BCUT2D eigenvalue weighted by molar-refractivity contribution is 5.80. The van der Waals surface area contributed by atoms with E-state index in [0.29, 0.717) is 18.9 Å². The number of aryl methyl sites for hydroxylation is 1. The van der Waals surface area contributed by atoms with E-state index >= 15 is 0 Å². The van der Waals surface area contributed by atoms with Gasteiger partial charge in [0.05, 0.1) is 6.54 Å². The van der Waals surface area contributed by atoms with Crippen molar-refractivity contribution in [2.24, 2.45) is 17.4 Å². The minimum absolute atomic E-state index is 0.0512. The van der Waals surface area contributed by atoms with Crippen LogP contribution >= 0.6 is 0 Å². The smallest absolute Gasteiger partial charge is 0.290 e. The molecular weight excluding hydrogens is 400 g/mol. The Morgan fingerprint density at radius 3 is 1.90 bits per heavy atom. The molecule has 0 aliphatic heterocycles. The summed E-state index contributed by atoms with van der Waals surface area (Å²) in [4.78, 5) is 39.6. The van der Waals surface area contributed by atoms with Gasteiger partial charge in [0.25, 0.3) is 6.47 Å². The third-order valence-electron chi connectivity index (χ3n) is 3.36. The van der Waals surface area contributed by atoms with Crippen LogP contribution in [0.2, 0.25) is 0 Å². The van der Waals surface area contributed by atoms with E-state index in [2.05, 4.69) is 43.5 Å². The van der Waals surface area contributed by atoms with Crippen molar-refractivity contribution in [3.8, 4) is 0 Å². The standard InChI is InChI=1S/C8H15N3O3.C7H8.C6H15N.CH2O2/c1-6(2-3-7(9)13)11-8(14)4-10-5-12;1-7-5-3-2-4-6-7;1-5(2)4-6(3)7;2-1-3/h5-6H,2-4H2,1H3,(H2,9,13)(H,10,12)(H,11,14);2-6H,1H3;5-6H,4,7H2,1-3H3;1H,(H,2,3). The fourth-order valence-corrected chi connectivity index (χ4v) is 2.17. The number of hydrogen-bond donors (Lipinski definition) is 5. The molecule has 2 unspecified atom stereocenters. The van der Waals surface area contributed by atoms with Crippen LogP contribution in [0.1, 0.15) is 52.5 Å². The van der Waals surface area contributed by atoms with Gasteiger partial charge in [-0.3, -0.25) is 19.2 Å². The lowest BCUT2D eigenvalue weighted by atomic mass is 10.1.